The number of anilines is 1. The molecule has 0 aliphatic carbocycles. The van der Waals surface area contributed by atoms with Crippen LogP contribution in [0.5, 0.6) is 17.2 Å². The Morgan fingerprint density at radius 1 is 0.964 bits per heavy atom. The minimum absolute atomic E-state index is 0.236. The van der Waals surface area contributed by atoms with E-state index in [2.05, 4.69) is 5.32 Å². The molecular formula is C22H18ClNO4. The number of fused-ring (bicyclic) bond motifs is 1. The van der Waals surface area contributed by atoms with Crippen LogP contribution in [-0.2, 0) is 6.61 Å². The number of hydrogen-bond acceptors (Lipinski definition) is 4. The van der Waals surface area contributed by atoms with E-state index in [0.717, 1.165) is 5.56 Å². The molecule has 0 saturated carbocycles. The number of carbonyl (C=O) groups is 1. The van der Waals surface area contributed by atoms with E-state index in [9.17, 15) is 4.79 Å². The Morgan fingerprint density at radius 3 is 2.64 bits per heavy atom. The fourth-order valence-corrected chi connectivity index (χ4v) is 3.02. The van der Waals surface area contributed by atoms with Crippen LogP contribution in [0.4, 0.5) is 5.69 Å². The molecule has 3 aromatic carbocycles. The molecule has 6 heteroatoms. The van der Waals surface area contributed by atoms with Gasteiger partial charge < -0.3 is 19.5 Å². The number of rotatable bonds is 5. The topological polar surface area (TPSA) is 56.8 Å². The minimum Gasteiger partial charge on any atom is -0.489 e. The lowest BCUT2D eigenvalue weighted by atomic mass is 10.2. The summed E-state index contributed by atoms with van der Waals surface area (Å²) in [6, 6.07) is 19.8. The minimum atomic E-state index is -0.236. The third kappa shape index (κ3) is 4.21. The summed E-state index contributed by atoms with van der Waals surface area (Å²) >= 11 is 6.15. The maximum atomic E-state index is 12.6. The standard InChI is InChI=1S/C22H18ClNO4/c23-19-7-2-1-4-16(19)14-28-18-6-3-5-15(12-18)22(25)24-17-8-9-20-21(13-17)27-11-10-26-20/h1-9,12-13H,10-11,14H2,(H,24,25). The molecule has 1 aliphatic rings. The van der Waals surface area contributed by atoms with E-state index in [1.807, 2.05) is 24.3 Å². The number of amides is 1. The molecule has 0 radical (unpaired) electrons. The van der Waals surface area contributed by atoms with Gasteiger partial charge in [-0.2, -0.15) is 0 Å². The van der Waals surface area contributed by atoms with Crippen molar-refractivity contribution in [3.63, 3.8) is 0 Å². The molecule has 142 valence electrons. The first-order valence-electron chi connectivity index (χ1n) is 8.86. The van der Waals surface area contributed by atoms with Gasteiger partial charge in [-0.15, -0.1) is 0 Å². The van der Waals surface area contributed by atoms with Gasteiger partial charge >= 0.3 is 0 Å². The van der Waals surface area contributed by atoms with Gasteiger partial charge in [0.2, 0.25) is 0 Å². The van der Waals surface area contributed by atoms with Gasteiger partial charge in [-0.3, -0.25) is 4.79 Å². The molecule has 0 fully saturated rings. The van der Waals surface area contributed by atoms with E-state index in [1.54, 1.807) is 42.5 Å². The van der Waals surface area contributed by atoms with Crippen molar-refractivity contribution in [3.8, 4) is 17.2 Å². The Balaban J connectivity index is 1.43. The van der Waals surface area contributed by atoms with Crippen LogP contribution in [0, 0.1) is 0 Å². The SMILES string of the molecule is O=C(Nc1ccc2c(c1)OCCO2)c1cccc(OCc2ccccc2Cl)c1. The number of nitrogens with one attached hydrogen (secondary N) is 1. The lowest BCUT2D eigenvalue weighted by Crippen LogP contribution is -2.16. The maximum absolute atomic E-state index is 12.6. The van der Waals surface area contributed by atoms with Gasteiger partial charge in [0.1, 0.15) is 25.6 Å². The maximum Gasteiger partial charge on any atom is 0.255 e. The van der Waals surface area contributed by atoms with Crippen molar-refractivity contribution in [2.75, 3.05) is 18.5 Å². The molecule has 1 amide bonds. The van der Waals surface area contributed by atoms with E-state index in [-0.39, 0.29) is 5.91 Å². The van der Waals surface area contributed by atoms with Gasteiger partial charge in [0.25, 0.3) is 5.91 Å². The second kappa shape index (κ2) is 8.23. The molecule has 0 unspecified atom stereocenters. The molecule has 4 rings (SSSR count). The molecule has 0 atom stereocenters. The van der Waals surface area contributed by atoms with Crippen LogP contribution in [-0.4, -0.2) is 19.1 Å². The quantitative estimate of drug-likeness (QED) is 0.664. The Labute approximate surface area is 167 Å². The fraction of sp³-hybridized carbons (Fsp3) is 0.136. The number of hydrogen-bond donors (Lipinski definition) is 1. The van der Waals surface area contributed by atoms with Crippen molar-refractivity contribution in [1.29, 1.82) is 0 Å². The van der Waals surface area contributed by atoms with Crippen LogP contribution in [0.1, 0.15) is 15.9 Å². The van der Waals surface area contributed by atoms with Gasteiger partial charge in [0, 0.05) is 27.9 Å². The smallest absolute Gasteiger partial charge is 0.255 e. The van der Waals surface area contributed by atoms with Crippen LogP contribution < -0.4 is 19.5 Å². The second-order valence-corrected chi connectivity index (χ2v) is 6.63. The molecular weight excluding hydrogens is 378 g/mol. The van der Waals surface area contributed by atoms with E-state index in [0.29, 0.717) is 53.3 Å². The summed E-state index contributed by atoms with van der Waals surface area (Å²) in [7, 11) is 0. The summed E-state index contributed by atoms with van der Waals surface area (Å²) in [5.41, 5.74) is 2.01. The summed E-state index contributed by atoms with van der Waals surface area (Å²) in [6.45, 7) is 1.35. The second-order valence-electron chi connectivity index (χ2n) is 6.22. The summed E-state index contributed by atoms with van der Waals surface area (Å²) in [4.78, 5) is 12.6. The van der Waals surface area contributed by atoms with Crippen LogP contribution >= 0.6 is 11.6 Å². The van der Waals surface area contributed by atoms with Crippen molar-refractivity contribution in [1.82, 2.24) is 0 Å². The monoisotopic (exact) mass is 395 g/mol. The first-order chi connectivity index (χ1) is 13.7. The highest BCUT2D eigenvalue weighted by Crippen LogP contribution is 2.32. The van der Waals surface area contributed by atoms with E-state index >= 15 is 0 Å². The predicted octanol–water partition coefficient (Wildman–Crippen LogP) is 4.94. The van der Waals surface area contributed by atoms with Crippen LogP contribution in [0.3, 0.4) is 0 Å². The van der Waals surface area contributed by atoms with Crippen LogP contribution in [0.2, 0.25) is 5.02 Å². The van der Waals surface area contributed by atoms with Crippen molar-refractivity contribution < 1.29 is 19.0 Å². The highest BCUT2D eigenvalue weighted by atomic mass is 35.5. The third-order valence-electron chi connectivity index (χ3n) is 4.25. The highest BCUT2D eigenvalue weighted by molar-refractivity contribution is 6.31. The average molecular weight is 396 g/mol. The van der Waals surface area contributed by atoms with Crippen LogP contribution in [0.15, 0.2) is 66.7 Å². The average Bonchev–Trinajstić information content (AvgIpc) is 2.73. The zero-order valence-corrected chi connectivity index (χ0v) is 15.7. The highest BCUT2D eigenvalue weighted by Gasteiger charge is 2.14. The van der Waals surface area contributed by atoms with E-state index < -0.39 is 0 Å². The normalized spacial score (nSPS) is 12.3. The molecule has 0 aromatic heterocycles. The molecule has 0 spiro atoms. The fourth-order valence-electron chi connectivity index (χ4n) is 2.83. The molecule has 1 heterocycles. The van der Waals surface area contributed by atoms with Gasteiger partial charge in [0.05, 0.1) is 0 Å². The Kier molecular flexibility index (Phi) is 5.35. The first kappa shape index (κ1) is 18.2. The number of benzene rings is 3. The molecule has 5 nitrogen and oxygen atoms in total. The van der Waals surface area contributed by atoms with Crippen molar-refractivity contribution in [3.05, 3.63) is 82.9 Å². The Hall–Kier alpha value is -3.18. The lowest BCUT2D eigenvalue weighted by molar-refractivity contribution is 0.102. The van der Waals surface area contributed by atoms with Crippen LogP contribution in [0.25, 0.3) is 0 Å². The van der Waals surface area contributed by atoms with Gasteiger partial charge in [-0.05, 0) is 36.4 Å². The molecule has 28 heavy (non-hydrogen) atoms. The number of carbonyl (C=O) groups excluding carboxylic acids is 1. The zero-order valence-electron chi connectivity index (χ0n) is 15.0. The third-order valence-corrected chi connectivity index (χ3v) is 4.62. The van der Waals surface area contributed by atoms with Gasteiger partial charge in [-0.25, -0.2) is 0 Å². The van der Waals surface area contributed by atoms with Crippen molar-refractivity contribution in [2.45, 2.75) is 6.61 Å². The molecule has 3 aromatic rings. The molecule has 0 saturated heterocycles. The largest absolute Gasteiger partial charge is 0.489 e. The molecule has 1 aliphatic heterocycles. The number of halogens is 1. The Morgan fingerprint density at radius 2 is 1.79 bits per heavy atom. The van der Waals surface area contributed by atoms with Crippen molar-refractivity contribution in [2.24, 2.45) is 0 Å². The van der Waals surface area contributed by atoms with Gasteiger partial charge in [0.15, 0.2) is 11.5 Å². The summed E-state index contributed by atoms with van der Waals surface area (Å²) in [6.07, 6.45) is 0. The predicted molar refractivity (Wildman–Crippen MR) is 108 cm³/mol. The Bertz CT molecular complexity index is 1010. The van der Waals surface area contributed by atoms with Crippen molar-refractivity contribution >= 4 is 23.2 Å². The van der Waals surface area contributed by atoms with E-state index in [4.69, 9.17) is 25.8 Å². The first-order valence-corrected chi connectivity index (χ1v) is 9.24. The van der Waals surface area contributed by atoms with Gasteiger partial charge in [-0.1, -0.05) is 35.9 Å². The summed E-state index contributed by atoms with van der Waals surface area (Å²) in [5, 5.41) is 3.52. The number of ether oxygens (including phenoxy) is 3. The summed E-state index contributed by atoms with van der Waals surface area (Å²) < 4.78 is 16.8. The summed E-state index contributed by atoms with van der Waals surface area (Å²) in [5.74, 6) is 1.66. The zero-order chi connectivity index (χ0) is 19.3. The molecule has 0 bridgehead atoms. The lowest BCUT2D eigenvalue weighted by Gasteiger charge is -2.19. The molecule has 1 N–H and O–H groups in total. The van der Waals surface area contributed by atoms with E-state index in [1.165, 1.54) is 0 Å².